The van der Waals surface area contributed by atoms with Crippen LogP contribution in [0.3, 0.4) is 0 Å². The number of halogens is 3. The summed E-state index contributed by atoms with van der Waals surface area (Å²) in [7, 11) is 0. The Morgan fingerprint density at radius 3 is 2.48 bits per heavy atom. The van der Waals surface area contributed by atoms with Gasteiger partial charge in [0.1, 0.15) is 6.10 Å². The Hall–Kier alpha value is -2.54. The monoisotopic (exact) mass is 350 g/mol. The number of alkyl halides is 3. The van der Waals surface area contributed by atoms with Gasteiger partial charge in [-0.05, 0) is 17.7 Å². The quantitative estimate of drug-likeness (QED) is 0.877. The molecule has 3 rings (SSSR count). The smallest absolute Gasteiger partial charge is 0.370 e. The van der Waals surface area contributed by atoms with Crippen LogP contribution >= 0.6 is 0 Å². The number of para-hydroxylation sites is 1. The lowest BCUT2D eigenvalue weighted by Gasteiger charge is -2.33. The minimum absolute atomic E-state index is 0.247. The summed E-state index contributed by atoms with van der Waals surface area (Å²) >= 11 is 0. The van der Waals surface area contributed by atoms with Crippen LogP contribution < -0.4 is 5.32 Å². The van der Waals surface area contributed by atoms with E-state index in [1.807, 2.05) is 30.3 Å². The minimum Gasteiger partial charge on any atom is -0.370 e. The fourth-order valence-corrected chi connectivity index (χ4v) is 2.74. The van der Waals surface area contributed by atoms with Crippen molar-refractivity contribution in [1.29, 1.82) is 0 Å². The van der Waals surface area contributed by atoms with E-state index in [2.05, 4.69) is 5.32 Å². The van der Waals surface area contributed by atoms with E-state index in [1.165, 1.54) is 23.1 Å². The Bertz CT molecular complexity index is 735. The standard InChI is InChI=1S/C18H17F3N2O2/c19-18(20,21)14-8-4-5-9-15(14)22-17(24)23-10-11-25-16(12-23)13-6-2-1-3-7-13/h1-9,16H,10-12H2,(H,22,24)/t16-/m1/s1. The number of ether oxygens (including phenoxy) is 1. The number of carbonyl (C=O) groups excluding carboxylic acids is 1. The van der Waals surface area contributed by atoms with Gasteiger partial charge in [-0.3, -0.25) is 0 Å². The summed E-state index contributed by atoms with van der Waals surface area (Å²) in [4.78, 5) is 13.9. The third-order valence-corrected chi connectivity index (χ3v) is 4.00. The van der Waals surface area contributed by atoms with Gasteiger partial charge >= 0.3 is 12.2 Å². The van der Waals surface area contributed by atoms with Crippen molar-refractivity contribution in [3.05, 3.63) is 65.7 Å². The largest absolute Gasteiger partial charge is 0.418 e. The van der Waals surface area contributed by atoms with Gasteiger partial charge < -0.3 is 15.0 Å². The van der Waals surface area contributed by atoms with Crippen molar-refractivity contribution >= 4 is 11.7 Å². The first kappa shape index (κ1) is 17.3. The summed E-state index contributed by atoms with van der Waals surface area (Å²) in [6.45, 7) is 0.932. The topological polar surface area (TPSA) is 41.6 Å². The number of morpholine rings is 1. The highest BCUT2D eigenvalue weighted by atomic mass is 19.4. The predicted octanol–water partition coefficient (Wildman–Crippen LogP) is 4.31. The average molecular weight is 350 g/mol. The molecule has 4 nitrogen and oxygen atoms in total. The van der Waals surface area contributed by atoms with E-state index in [4.69, 9.17) is 4.74 Å². The number of hydrogen-bond acceptors (Lipinski definition) is 2. The zero-order valence-corrected chi connectivity index (χ0v) is 13.3. The van der Waals surface area contributed by atoms with Crippen molar-refractivity contribution in [3.8, 4) is 0 Å². The van der Waals surface area contributed by atoms with E-state index in [9.17, 15) is 18.0 Å². The van der Waals surface area contributed by atoms with Crippen LogP contribution in [0.4, 0.5) is 23.7 Å². The molecule has 1 saturated heterocycles. The van der Waals surface area contributed by atoms with Crippen LogP contribution in [0.5, 0.6) is 0 Å². The van der Waals surface area contributed by atoms with Crippen LogP contribution in [0.1, 0.15) is 17.2 Å². The molecule has 0 spiro atoms. The zero-order chi connectivity index (χ0) is 17.9. The molecular weight excluding hydrogens is 333 g/mol. The second-order valence-corrected chi connectivity index (χ2v) is 5.69. The van der Waals surface area contributed by atoms with Crippen LogP contribution in [-0.4, -0.2) is 30.6 Å². The van der Waals surface area contributed by atoms with Crippen LogP contribution in [0.2, 0.25) is 0 Å². The Morgan fingerprint density at radius 1 is 1.08 bits per heavy atom. The number of nitrogens with one attached hydrogen (secondary N) is 1. The van der Waals surface area contributed by atoms with E-state index >= 15 is 0 Å². The van der Waals surface area contributed by atoms with Crippen LogP contribution in [0.25, 0.3) is 0 Å². The first-order valence-corrected chi connectivity index (χ1v) is 7.84. The Kier molecular flexibility index (Phi) is 4.94. The lowest BCUT2D eigenvalue weighted by atomic mass is 10.1. The van der Waals surface area contributed by atoms with Gasteiger partial charge in [0, 0.05) is 6.54 Å². The van der Waals surface area contributed by atoms with Crippen molar-refractivity contribution in [3.63, 3.8) is 0 Å². The molecule has 25 heavy (non-hydrogen) atoms. The fraction of sp³-hybridized carbons (Fsp3) is 0.278. The summed E-state index contributed by atoms with van der Waals surface area (Å²) in [5.41, 5.74) is -0.185. The van der Waals surface area contributed by atoms with E-state index in [-0.39, 0.29) is 18.3 Å². The van der Waals surface area contributed by atoms with Crippen molar-refractivity contribution in [2.45, 2.75) is 12.3 Å². The molecule has 2 aromatic carbocycles. The van der Waals surface area contributed by atoms with E-state index in [0.717, 1.165) is 11.6 Å². The maximum atomic E-state index is 13.0. The number of amides is 2. The molecule has 1 heterocycles. The van der Waals surface area contributed by atoms with Crippen LogP contribution in [0, 0.1) is 0 Å². The molecule has 0 radical (unpaired) electrons. The highest BCUT2D eigenvalue weighted by molar-refractivity contribution is 5.90. The highest BCUT2D eigenvalue weighted by Gasteiger charge is 2.34. The number of anilines is 1. The van der Waals surface area contributed by atoms with Gasteiger partial charge in [-0.1, -0.05) is 42.5 Å². The third-order valence-electron chi connectivity index (χ3n) is 4.00. The normalized spacial score (nSPS) is 18.0. The summed E-state index contributed by atoms with van der Waals surface area (Å²) < 4.78 is 44.8. The molecule has 2 amide bonds. The molecule has 0 aromatic heterocycles. The molecule has 0 unspecified atom stereocenters. The molecular formula is C18H17F3N2O2. The van der Waals surface area contributed by atoms with Gasteiger partial charge in [-0.15, -0.1) is 0 Å². The first-order valence-electron chi connectivity index (χ1n) is 7.84. The van der Waals surface area contributed by atoms with Gasteiger partial charge in [-0.25, -0.2) is 4.79 Å². The summed E-state index contributed by atoms with van der Waals surface area (Å²) in [5.74, 6) is 0. The highest BCUT2D eigenvalue weighted by Crippen LogP contribution is 2.34. The second-order valence-electron chi connectivity index (χ2n) is 5.69. The SMILES string of the molecule is O=C(Nc1ccccc1C(F)(F)F)N1CCO[C@@H](c2ccccc2)C1. The van der Waals surface area contributed by atoms with Crippen molar-refractivity contribution < 1.29 is 22.7 Å². The molecule has 0 bridgehead atoms. The molecule has 1 N–H and O–H groups in total. The number of nitrogens with zero attached hydrogens (tertiary/aromatic N) is 1. The molecule has 7 heteroatoms. The lowest BCUT2D eigenvalue weighted by molar-refractivity contribution is -0.136. The van der Waals surface area contributed by atoms with E-state index in [0.29, 0.717) is 13.2 Å². The van der Waals surface area contributed by atoms with E-state index in [1.54, 1.807) is 0 Å². The Morgan fingerprint density at radius 2 is 1.76 bits per heavy atom. The van der Waals surface area contributed by atoms with Crippen LogP contribution in [0.15, 0.2) is 54.6 Å². The number of carbonyl (C=O) groups is 1. The zero-order valence-electron chi connectivity index (χ0n) is 13.3. The maximum Gasteiger partial charge on any atom is 0.418 e. The number of benzene rings is 2. The third kappa shape index (κ3) is 4.11. The average Bonchev–Trinajstić information content (AvgIpc) is 2.62. The van der Waals surface area contributed by atoms with E-state index < -0.39 is 17.8 Å². The van der Waals surface area contributed by atoms with Gasteiger partial charge in [-0.2, -0.15) is 13.2 Å². The van der Waals surface area contributed by atoms with Crippen molar-refractivity contribution in [2.24, 2.45) is 0 Å². The fourth-order valence-electron chi connectivity index (χ4n) is 2.74. The van der Waals surface area contributed by atoms with Gasteiger partial charge in [0.15, 0.2) is 0 Å². The molecule has 1 aliphatic rings. The minimum atomic E-state index is -4.53. The number of rotatable bonds is 2. The van der Waals surface area contributed by atoms with Crippen LogP contribution in [-0.2, 0) is 10.9 Å². The molecule has 2 aromatic rings. The molecule has 132 valence electrons. The van der Waals surface area contributed by atoms with Gasteiger partial charge in [0.05, 0.1) is 24.4 Å². The molecule has 1 fully saturated rings. The van der Waals surface area contributed by atoms with Crippen molar-refractivity contribution in [2.75, 3.05) is 25.0 Å². The molecule has 0 saturated carbocycles. The molecule has 1 atom stereocenters. The molecule has 1 aliphatic heterocycles. The number of urea groups is 1. The first-order chi connectivity index (χ1) is 11.9. The second kappa shape index (κ2) is 7.14. The summed E-state index contributed by atoms with van der Waals surface area (Å²) in [6, 6.07) is 13.8. The number of hydrogen-bond donors (Lipinski definition) is 1. The van der Waals surface area contributed by atoms with Gasteiger partial charge in [0.25, 0.3) is 0 Å². The van der Waals surface area contributed by atoms with Crippen molar-refractivity contribution in [1.82, 2.24) is 4.90 Å². The maximum absolute atomic E-state index is 13.0. The predicted molar refractivity (Wildman–Crippen MR) is 87.2 cm³/mol. The molecule has 0 aliphatic carbocycles. The Balaban J connectivity index is 1.72. The summed E-state index contributed by atoms with van der Waals surface area (Å²) in [6.07, 6.45) is -4.82. The van der Waals surface area contributed by atoms with Gasteiger partial charge in [0.2, 0.25) is 0 Å². The lowest BCUT2D eigenvalue weighted by Crippen LogP contribution is -2.44. The Labute approximate surface area is 143 Å². The summed E-state index contributed by atoms with van der Waals surface area (Å²) in [5, 5.41) is 2.37.